The van der Waals surface area contributed by atoms with Gasteiger partial charge in [-0.3, -0.25) is 0 Å². The van der Waals surface area contributed by atoms with Gasteiger partial charge in [-0.15, -0.1) is 0 Å². The van der Waals surface area contributed by atoms with Gasteiger partial charge in [-0.2, -0.15) is 0 Å². The molecule has 0 saturated carbocycles. The summed E-state index contributed by atoms with van der Waals surface area (Å²) in [6.45, 7) is 3.33. The van der Waals surface area contributed by atoms with Crippen molar-refractivity contribution in [1.82, 2.24) is 0 Å². The van der Waals surface area contributed by atoms with Gasteiger partial charge in [-0.1, -0.05) is 0 Å². The summed E-state index contributed by atoms with van der Waals surface area (Å²) in [5.41, 5.74) is 5.45. The van der Waals surface area contributed by atoms with Crippen LogP contribution in [0.2, 0.25) is 0 Å². The highest BCUT2D eigenvalue weighted by Gasteiger charge is 2.51. The molecule has 0 unspecified atom stereocenters. The Morgan fingerprint density at radius 3 is 2.00 bits per heavy atom. The third-order valence-electron chi connectivity index (χ3n) is 2.09. The summed E-state index contributed by atoms with van der Waals surface area (Å²) in [5, 5.41) is 0. The lowest BCUT2D eigenvalue weighted by molar-refractivity contribution is 0.449. The zero-order valence-electron chi connectivity index (χ0n) is 5.59. The van der Waals surface area contributed by atoms with Crippen LogP contribution in [0, 0.1) is 0 Å². The van der Waals surface area contributed by atoms with Gasteiger partial charge in [0.2, 0.25) is 0 Å². The van der Waals surface area contributed by atoms with Gasteiger partial charge in [-0.05, 0) is 13.8 Å². The van der Waals surface area contributed by atoms with E-state index in [9.17, 15) is 8.42 Å². The van der Waals surface area contributed by atoms with Crippen LogP contribution in [0.5, 0.6) is 0 Å². The molecule has 0 amide bonds. The van der Waals surface area contributed by atoms with Crippen molar-refractivity contribution in [2.45, 2.75) is 24.6 Å². The molecule has 0 bridgehead atoms. The Bertz CT molecular complexity index is 217. The smallest absolute Gasteiger partial charge is 0.158 e. The van der Waals surface area contributed by atoms with Crippen molar-refractivity contribution < 1.29 is 8.42 Å². The Hall–Kier alpha value is -0.0900. The van der Waals surface area contributed by atoms with Crippen molar-refractivity contribution in [3.8, 4) is 0 Å². The molecule has 0 aromatic rings. The summed E-state index contributed by atoms with van der Waals surface area (Å²) in [7, 11) is -2.83. The summed E-state index contributed by atoms with van der Waals surface area (Å²) in [6.07, 6.45) is 0. The van der Waals surface area contributed by atoms with Gasteiger partial charge >= 0.3 is 0 Å². The number of hydrogen-bond donors (Lipinski definition) is 1. The molecule has 54 valence electrons. The van der Waals surface area contributed by atoms with E-state index in [2.05, 4.69) is 0 Å². The second-order valence-electron chi connectivity index (χ2n) is 2.99. The molecule has 0 radical (unpaired) electrons. The van der Waals surface area contributed by atoms with Crippen molar-refractivity contribution >= 4 is 9.84 Å². The molecule has 1 saturated heterocycles. The van der Waals surface area contributed by atoms with Gasteiger partial charge in [0.1, 0.15) is 0 Å². The summed E-state index contributed by atoms with van der Waals surface area (Å²) in [6, 6.07) is -0.164. The van der Waals surface area contributed by atoms with E-state index in [4.69, 9.17) is 5.73 Å². The second kappa shape index (κ2) is 1.49. The van der Waals surface area contributed by atoms with Gasteiger partial charge in [0.05, 0.1) is 10.5 Å². The molecule has 9 heavy (non-hydrogen) atoms. The number of rotatable bonds is 0. The molecule has 1 heterocycles. The third-order valence-corrected chi connectivity index (χ3v) is 4.80. The highest BCUT2D eigenvalue weighted by molar-refractivity contribution is 7.94. The van der Waals surface area contributed by atoms with Crippen LogP contribution in [-0.4, -0.2) is 25.0 Å². The average Bonchev–Trinajstić information content (AvgIpc) is 1.65. The fraction of sp³-hybridized carbons (Fsp3) is 1.00. The van der Waals surface area contributed by atoms with Gasteiger partial charge < -0.3 is 5.73 Å². The molecule has 2 N–H and O–H groups in total. The molecular weight excluding hydrogens is 138 g/mol. The average molecular weight is 149 g/mol. The molecule has 4 heteroatoms. The molecule has 1 rings (SSSR count). The second-order valence-corrected chi connectivity index (χ2v) is 5.61. The minimum Gasteiger partial charge on any atom is -0.325 e. The molecule has 1 aliphatic heterocycles. The van der Waals surface area contributed by atoms with Gasteiger partial charge in [0.15, 0.2) is 9.84 Å². The van der Waals surface area contributed by atoms with Crippen LogP contribution >= 0.6 is 0 Å². The Kier molecular flexibility index (Phi) is 1.16. The van der Waals surface area contributed by atoms with Crippen molar-refractivity contribution in [1.29, 1.82) is 0 Å². The van der Waals surface area contributed by atoms with E-state index in [1.54, 1.807) is 13.8 Å². The predicted molar refractivity (Wildman–Crippen MR) is 35.8 cm³/mol. The first kappa shape index (κ1) is 7.02. The Morgan fingerprint density at radius 1 is 1.56 bits per heavy atom. The van der Waals surface area contributed by atoms with Crippen molar-refractivity contribution in [2.75, 3.05) is 5.75 Å². The maximum absolute atomic E-state index is 10.9. The molecule has 1 aliphatic rings. The van der Waals surface area contributed by atoms with Crippen molar-refractivity contribution in [2.24, 2.45) is 5.73 Å². The highest BCUT2D eigenvalue weighted by atomic mass is 32.2. The third kappa shape index (κ3) is 0.697. The zero-order valence-corrected chi connectivity index (χ0v) is 6.40. The standard InChI is InChI=1S/C5H11NO2S/c1-5(2)4(6)3-9(5,7)8/h4H,3,6H2,1-2H3/t4-/m1/s1. The first-order chi connectivity index (χ1) is 3.88. The minimum absolute atomic E-state index is 0.153. The van der Waals surface area contributed by atoms with Crippen LogP contribution in [0.1, 0.15) is 13.8 Å². The highest BCUT2D eigenvalue weighted by Crippen LogP contribution is 2.31. The van der Waals surface area contributed by atoms with Crippen LogP contribution in [0.25, 0.3) is 0 Å². The summed E-state index contributed by atoms with van der Waals surface area (Å²) >= 11 is 0. The summed E-state index contributed by atoms with van der Waals surface area (Å²) < 4.78 is 21.1. The lowest BCUT2D eigenvalue weighted by Gasteiger charge is -2.40. The lowest BCUT2D eigenvalue weighted by Crippen LogP contribution is -2.64. The van der Waals surface area contributed by atoms with Crippen molar-refractivity contribution in [3.63, 3.8) is 0 Å². The summed E-state index contributed by atoms with van der Waals surface area (Å²) in [5.74, 6) is 0.153. The maximum atomic E-state index is 10.9. The monoisotopic (exact) mass is 149 g/mol. The normalized spacial score (nSPS) is 37.4. The fourth-order valence-electron chi connectivity index (χ4n) is 0.783. The largest absolute Gasteiger partial charge is 0.325 e. The fourth-order valence-corrected chi connectivity index (χ4v) is 2.35. The quantitative estimate of drug-likeness (QED) is 0.506. The van der Waals surface area contributed by atoms with Gasteiger partial charge in [0, 0.05) is 6.04 Å². The molecule has 0 aromatic heterocycles. The van der Waals surface area contributed by atoms with E-state index >= 15 is 0 Å². The number of hydrogen-bond acceptors (Lipinski definition) is 3. The molecular formula is C5H11NO2S. The van der Waals surface area contributed by atoms with Gasteiger partial charge in [-0.25, -0.2) is 8.42 Å². The topological polar surface area (TPSA) is 60.2 Å². The molecule has 3 nitrogen and oxygen atoms in total. The van der Waals surface area contributed by atoms with Crippen LogP contribution in [0.3, 0.4) is 0 Å². The van der Waals surface area contributed by atoms with Crippen LogP contribution < -0.4 is 5.73 Å². The van der Waals surface area contributed by atoms with Gasteiger partial charge in [0.25, 0.3) is 0 Å². The number of sulfone groups is 1. The maximum Gasteiger partial charge on any atom is 0.158 e. The molecule has 0 spiro atoms. The predicted octanol–water partition coefficient (Wildman–Crippen LogP) is -0.479. The summed E-state index contributed by atoms with van der Waals surface area (Å²) in [4.78, 5) is 0. The molecule has 0 aliphatic carbocycles. The molecule has 1 fully saturated rings. The lowest BCUT2D eigenvalue weighted by atomic mass is 10.1. The van der Waals surface area contributed by atoms with E-state index in [0.717, 1.165) is 0 Å². The Balaban J connectivity index is 2.96. The molecule has 0 aromatic carbocycles. The van der Waals surface area contributed by atoms with E-state index in [1.165, 1.54) is 0 Å². The Morgan fingerprint density at radius 2 is 2.00 bits per heavy atom. The molecule has 1 atom stereocenters. The SMILES string of the molecule is CC1(C)[C@H](N)CS1(=O)=O. The van der Waals surface area contributed by atoms with Crippen LogP contribution in [-0.2, 0) is 9.84 Å². The Labute approximate surface area is 55.2 Å². The van der Waals surface area contributed by atoms with E-state index in [-0.39, 0.29) is 11.8 Å². The van der Waals surface area contributed by atoms with Crippen LogP contribution in [0.15, 0.2) is 0 Å². The first-order valence-electron chi connectivity index (χ1n) is 2.86. The van der Waals surface area contributed by atoms with E-state index in [1.807, 2.05) is 0 Å². The van der Waals surface area contributed by atoms with Crippen LogP contribution in [0.4, 0.5) is 0 Å². The first-order valence-corrected chi connectivity index (χ1v) is 4.51. The van der Waals surface area contributed by atoms with Crippen molar-refractivity contribution in [3.05, 3.63) is 0 Å². The zero-order chi connectivity index (χ0) is 7.28. The minimum atomic E-state index is -2.83. The van der Waals surface area contributed by atoms with E-state index < -0.39 is 14.6 Å². The number of nitrogens with two attached hydrogens (primary N) is 1. The van der Waals surface area contributed by atoms with E-state index in [0.29, 0.717) is 0 Å².